The van der Waals surface area contributed by atoms with Crippen molar-refractivity contribution in [3.8, 4) is 0 Å². The molecule has 1 aromatic heterocycles. The van der Waals surface area contributed by atoms with Gasteiger partial charge in [0.2, 0.25) is 10.0 Å². The molecule has 0 aliphatic carbocycles. The van der Waals surface area contributed by atoms with E-state index < -0.39 is 10.0 Å². The molecule has 5 nitrogen and oxygen atoms in total. The second kappa shape index (κ2) is 6.28. The molecule has 1 unspecified atom stereocenters. The quantitative estimate of drug-likeness (QED) is 0.902. The van der Waals surface area contributed by atoms with E-state index >= 15 is 0 Å². The van der Waals surface area contributed by atoms with Gasteiger partial charge in [-0.05, 0) is 39.8 Å². The Balaban J connectivity index is 2.33. The molecule has 1 fully saturated rings. The summed E-state index contributed by atoms with van der Waals surface area (Å²) in [6.45, 7) is 6.13. The van der Waals surface area contributed by atoms with Crippen LogP contribution in [0.5, 0.6) is 0 Å². The maximum atomic E-state index is 12.8. The fourth-order valence-electron chi connectivity index (χ4n) is 2.85. The molecule has 6 heteroatoms. The van der Waals surface area contributed by atoms with Crippen LogP contribution in [0.3, 0.4) is 0 Å². The Bertz CT molecular complexity index is 551. The monoisotopic (exact) mass is 299 g/mol. The zero-order chi connectivity index (χ0) is 14.8. The van der Waals surface area contributed by atoms with Gasteiger partial charge in [-0.15, -0.1) is 0 Å². The van der Waals surface area contributed by atoms with Crippen LogP contribution in [0.1, 0.15) is 38.8 Å². The van der Waals surface area contributed by atoms with Gasteiger partial charge in [-0.1, -0.05) is 6.42 Å². The lowest BCUT2D eigenvalue weighted by Gasteiger charge is -2.31. The van der Waals surface area contributed by atoms with Crippen molar-refractivity contribution in [2.45, 2.75) is 57.1 Å². The first-order valence-corrected chi connectivity index (χ1v) is 8.80. The lowest BCUT2D eigenvalue weighted by Crippen LogP contribution is -2.41. The second-order valence-corrected chi connectivity index (χ2v) is 7.33. The van der Waals surface area contributed by atoms with Crippen molar-refractivity contribution in [3.63, 3.8) is 0 Å². The number of hydrogen-bond acceptors (Lipinski definition) is 3. The molecule has 0 saturated carbocycles. The van der Waals surface area contributed by atoms with E-state index in [4.69, 9.17) is 0 Å². The zero-order valence-electron chi connectivity index (χ0n) is 12.6. The number of piperidine rings is 1. The Labute approximate surface area is 122 Å². The SMILES string of the molecule is CCn1cc(S(=O)(=O)N2CCCCC2C)cc1CNC. The second-order valence-electron chi connectivity index (χ2n) is 5.44. The van der Waals surface area contributed by atoms with Crippen LogP contribution in [-0.2, 0) is 23.1 Å². The van der Waals surface area contributed by atoms with E-state index in [9.17, 15) is 8.42 Å². The van der Waals surface area contributed by atoms with Crippen molar-refractivity contribution in [3.05, 3.63) is 18.0 Å². The lowest BCUT2D eigenvalue weighted by molar-refractivity contribution is 0.268. The van der Waals surface area contributed by atoms with E-state index in [0.29, 0.717) is 18.0 Å². The van der Waals surface area contributed by atoms with E-state index in [-0.39, 0.29) is 6.04 Å². The van der Waals surface area contributed by atoms with Gasteiger partial charge in [0, 0.05) is 37.6 Å². The highest BCUT2D eigenvalue weighted by atomic mass is 32.2. The molecule has 0 spiro atoms. The Kier molecular flexibility index (Phi) is 4.88. The van der Waals surface area contributed by atoms with Gasteiger partial charge in [0.05, 0.1) is 0 Å². The van der Waals surface area contributed by atoms with E-state index in [1.54, 1.807) is 16.6 Å². The van der Waals surface area contributed by atoms with Crippen molar-refractivity contribution in [1.82, 2.24) is 14.2 Å². The van der Waals surface area contributed by atoms with Crippen LogP contribution in [0.15, 0.2) is 17.2 Å². The molecule has 114 valence electrons. The average molecular weight is 299 g/mol. The number of nitrogens with zero attached hydrogens (tertiary/aromatic N) is 2. The maximum absolute atomic E-state index is 12.8. The molecule has 2 rings (SSSR count). The molecule has 1 aromatic rings. The summed E-state index contributed by atoms with van der Waals surface area (Å²) in [5.41, 5.74) is 1.01. The lowest BCUT2D eigenvalue weighted by atomic mass is 10.1. The molecule has 1 saturated heterocycles. The number of rotatable bonds is 5. The molecule has 1 atom stereocenters. The van der Waals surface area contributed by atoms with Crippen LogP contribution >= 0.6 is 0 Å². The highest BCUT2D eigenvalue weighted by molar-refractivity contribution is 7.89. The van der Waals surface area contributed by atoms with Crippen molar-refractivity contribution in [1.29, 1.82) is 0 Å². The van der Waals surface area contributed by atoms with Gasteiger partial charge in [-0.3, -0.25) is 0 Å². The van der Waals surface area contributed by atoms with Crippen molar-refractivity contribution in [2.75, 3.05) is 13.6 Å². The molecule has 0 radical (unpaired) electrons. The summed E-state index contributed by atoms with van der Waals surface area (Å²) in [7, 11) is -1.49. The zero-order valence-corrected chi connectivity index (χ0v) is 13.4. The van der Waals surface area contributed by atoms with Crippen LogP contribution in [-0.4, -0.2) is 36.9 Å². The summed E-state index contributed by atoms with van der Waals surface area (Å²) >= 11 is 0. The van der Waals surface area contributed by atoms with Crippen LogP contribution < -0.4 is 5.32 Å². The van der Waals surface area contributed by atoms with Crippen LogP contribution in [0.2, 0.25) is 0 Å². The summed E-state index contributed by atoms with van der Waals surface area (Å²) in [6, 6.07) is 1.91. The van der Waals surface area contributed by atoms with E-state index in [2.05, 4.69) is 5.32 Å². The highest BCUT2D eigenvalue weighted by Gasteiger charge is 2.31. The third kappa shape index (κ3) is 2.92. The van der Waals surface area contributed by atoms with Gasteiger partial charge in [0.25, 0.3) is 0 Å². The molecular formula is C14H25N3O2S. The van der Waals surface area contributed by atoms with E-state index in [1.165, 1.54) is 0 Å². The molecule has 0 amide bonds. The fourth-order valence-corrected chi connectivity index (χ4v) is 4.62. The minimum absolute atomic E-state index is 0.103. The summed E-state index contributed by atoms with van der Waals surface area (Å²) < 4.78 is 29.2. The Hall–Kier alpha value is -0.850. The molecule has 1 N–H and O–H groups in total. The first-order valence-electron chi connectivity index (χ1n) is 7.36. The predicted octanol–water partition coefficient (Wildman–Crippen LogP) is 1.79. The van der Waals surface area contributed by atoms with Gasteiger partial charge >= 0.3 is 0 Å². The van der Waals surface area contributed by atoms with Crippen LogP contribution in [0.4, 0.5) is 0 Å². The summed E-state index contributed by atoms with van der Waals surface area (Å²) in [5.74, 6) is 0. The Morgan fingerprint density at radius 1 is 1.40 bits per heavy atom. The number of nitrogens with one attached hydrogen (secondary N) is 1. The van der Waals surface area contributed by atoms with Crippen LogP contribution in [0, 0.1) is 0 Å². The van der Waals surface area contributed by atoms with Crippen molar-refractivity contribution >= 4 is 10.0 Å². The highest BCUT2D eigenvalue weighted by Crippen LogP contribution is 2.26. The molecule has 0 bridgehead atoms. The third-order valence-electron chi connectivity index (χ3n) is 4.01. The number of aryl methyl sites for hydroxylation is 1. The van der Waals surface area contributed by atoms with E-state index in [0.717, 1.165) is 31.5 Å². The topological polar surface area (TPSA) is 54.3 Å². The molecule has 0 aromatic carbocycles. The largest absolute Gasteiger partial charge is 0.349 e. The molecule has 1 aliphatic heterocycles. The smallest absolute Gasteiger partial charge is 0.244 e. The third-order valence-corrected chi connectivity index (χ3v) is 5.99. The number of aromatic nitrogens is 1. The standard InChI is InChI=1S/C14H25N3O2S/c1-4-16-11-14(9-13(16)10-15-3)20(18,19)17-8-6-5-7-12(17)2/h9,11-12,15H,4-8,10H2,1-3H3. The first-order chi connectivity index (χ1) is 9.50. The van der Waals surface area contributed by atoms with E-state index in [1.807, 2.05) is 25.5 Å². The number of hydrogen-bond donors (Lipinski definition) is 1. The summed E-state index contributed by atoms with van der Waals surface area (Å²) in [6.07, 6.45) is 4.80. The predicted molar refractivity (Wildman–Crippen MR) is 80.1 cm³/mol. The van der Waals surface area contributed by atoms with Gasteiger partial charge in [0.15, 0.2) is 0 Å². The van der Waals surface area contributed by atoms with Crippen molar-refractivity contribution in [2.24, 2.45) is 0 Å². The minimum Gasteiger partial charge on any atom is -0.349 e. The molecule has 1 aliphatic rings. The van der Waals surface area contributed by atoms with Crippen LogP contribution in [0.25, 0.3) is 0 Å². The Morgan fingerprint density at radius 2 is 2.15 bits per heavy atom. The fraction of sp³-hybridized carbons (Fsp3) is 0.714. The molecule has 2 heterocycles. The number of sulfonamides is 1. The summed E-state index contributed by atoms with van der Waals surface area (Å²) in [4.78, 5) is 0.429. The van der Waals surface area contributed by atoms with Gasteiger partial charge in [-0.25, -0.2) is 8.42 Å². The van der Waals surface area contributed by atoms with Gasteiger partial charge in [-0.2, -0.15) is 4.31 Å². The van der Waals surface area contributed by atoms with Crippen molar-refractivity contribution < 1.29 is 8.42 Å². The first kappa shape index (κ1) is 15.5. The minimum atomic E-state index is -3.36. The Morgan fingerprint density at radius 3 is 2.75 bits per heavy atom. The molecular weight excluding hydrogens is 274 g/mol. The average Bonchev–Trinajstić information content (AvgIpc) is 2.83. The summed E-state index contributed by atoms with van der Waals surface area (Å²) in [5, 5.41) is 3.08. The van der Waals surface area contributed by atoms with Gasteiger partial charge < -0.3 is 9.88 Å². The maximum Gasteiger partial charge on any atom is 0.244 e. The normalized spacial score (nSPS) is 21.2. The van der Waals surface area contributed by atoms with Gasteiger partial charge in [0.1, 0.15) is 4.90 Å². The molecule has 20 heavy (non-hydrogen) atoms.